The Labute approximate surface area is 150 Å². The number of anilines is 2. The van der Waals surface area contributed by atoms with E-state index in [9.17, 15) is 4.79 Å². The summed E-state index contributed by atoms with van der Waals surface area (Å²) in [6, 6.07) is 13.8. The van der Waals surface area contributed by atoms with Crippen LogP contribution in [0.15, 0.2) is 42.5 Å². The van der Waals surface area contributed by atoms with E-state index in [2.05, 4.69) is 24.1 Å². The Morgan fingerprint density at radius 3 is 2.28 bits per heavy atom. The van der Waals surface area contributed by atoms with Crippen LogP contribution in [-0.4, -0.2) is 25.1 Å². The van der Waals surface area contributed by atoms with Gasteiger partial charge in [0, 0.05) is 24.5 Å². The maximum Gasteiger partial charge on any atom is 0.265 e. The first kappa shape index (κ1) is 18.8. The highest BCUT2D eigenvalue weighted by Gasteiger charge is 2.16. The predicted octanol–water partition coefficient (Wildman–Crippen LogP) is 4.56. The van der Waals surface area contributed by atoms with Crippen molar-refractivity contribution in [1.29, 1.82) is 0 Å². The monoisotopic (exact) mass is 340 g/mol. The van der Waals surface area contributed by atoms with Gasteiger partial charge in [-0.15, -0.1) is 0 Å². The number of carbonyl (C=O) groups is 1. The van der Waals surface area contributed by atoms with Gasteiger partial charge in [0.15, 0.2) is 6.10 Å². The van der Waals surface area contributed by atoms with E-state index in [0.29, 0.717) is 0 Å². The number of hydrogen-bond donors (Lipinski definition) is 1. The maximum absolute atomic E-state index is 12.4. The minimum Gasteiger partial charge on any atom is -0.481 e. The smallest absolute Gasteiger partial charge is 0.265 e. The minimum absolute atomic E-state index is 0.157. The first-order chi connectivity index (χ1) is 11.9. The summed E-state index contributed by atoms with van der Waals surface area (Å²) in [5, 5.41) is 2.91. The SMILES string of the molecule is CCN(CC)c1ccc(NC(=O)C(C)Oc2ccc(C)cc2C)cc1. The molecule has 0 saturated heterocycles. The molecule has 25 heavy (non-hydrogen) atoms. The molecule has 0 spiro atoms. The molecule has 0 aliphatic rings. The summed E-state index contributed by atoms with van der Waals surface area (Å²) in [5.41, 5.74) is 4.14. The van der Waals surface area contributed by atoms with Crippen LogP contribution in [0, 0.1) is 13.8 Å². The maximum atomic E-state index is 12.4. The van der Waals surface area contributed by atoms with Crippen LogP contribution < -0.4 is 15.0 Å². The highest BCUT2D eigenvalue weighted by molar-refractivity contribution is 5.94. The van der Waals surface area contributed by atoms with E-state index < -0.39 is 6.10 Å². The Balaban J connectivity index is 1.98. The molecule has 0 aliphatic heterocycles. The lowest BCUT2D eigenvalue weighted by atomic mass is 10.1. The molecule has 0 saturated carbocycles. The quantitative estimate of drug-likeness (QED) is 0.803. The van der Waals surface area contributed by atoms with Crippen molar-refractivity contribution in [2.24, 2.45) is 0 Å². The topological polar surface area (TPSA) is 41.6 Å². The Bertz CT molecular complexity index is 706. The highest BCUT2D eigenvalue weighted by atomic mass is 16.5. The zero-order chi connectivity index (χ0) is 18.4. The van der Waals surface area contributed by atoms with Crippen molar-refractivity contribution in [2.75, 3.05) is 23.3 Å². The molecule has 2 aromatic carbocycles. The molecule has 4 heteroatoms. The fourth-order valence-electron chi connectivity index (χ4n) is 2.76. The number of amides is 1. The van der Waals surface area contributed by atoms with Gasteiger partial charge in [-0.2, -0.15) is 0 Å². The lowest BCUT2D eigenvalue weighted by Crippen LogP contribution is -2.30. The van der Waals surface area contributed by atoms with Crippen LogP contribution in [-0.2, 0) is 4.79 Å². The molecule has 0 heterocycles. The lowest BCUT2D eigenvalue weighted by molar-refractivity contribution is -0.122. The first-order valence-electron chi connectivity index (χ1n) is 8.84. The lowest BCUT2D eigenvalue weighted by Gasteiger charge is -2.21. The van der Waals surface area contributed by atoms with Crippen LogP contribution in [0.4, 0.5) is 11.4 Å². The molecule has 1 amide bonds. The number of hydrogen-bond acceptors (Lipinski definition) is 3. The third-order valence-electron chi connectivity index (χ3n) is 4.27. The van der Waals surface area contributed by atoms with E-state index in [1.54, 1.807) is 6.92 Å². The molecule has 0 radical (unpaired) electrons. The third kappa shape index (κ3) is 4.99. The second kappa shape index (κ2) is 8.56. The number of rotatable bonds is 7. The Hall–Kier alpha value is -2.49. The standard InChI is InChI=1S/C21H28N2O2/c1-6-23(7-2)19-11-9-18(10-12-19)22-21(24)17(5)25-20-13-8-15(3)14-16(20)4/h8-14,17H,6-7H2,1-5H3,(H,22,24). The molecular weight excluding hydrogens is 312 g/mol. The summed E-state index contributed by atoms with van der Waals surface area (Å²) in [4.78, 5) is 14.6. The number of ether oxygens (including phenoxy) is 1. The molecule has 2 aromatic rings. The predicted molar refractivity (Wildman–Crippen MR) is 105 cm³/mol. The van der Waals surface area contributed by atoms with E-state index in [-0.39, 0.29) is 5.91 Å². The molecule has 0 fully saturated rings. The normalized spacial score (nSPS) is 11.7. The van der Waals surface area contributed by atoms with Crippen LogP contribution in [0.25, 0.3) is 0 Å². The van der Waals surface area contributed by atoms with E-state index in [1.807, 2.05) is 56.3 Å². The number of carbonyl (C=O) groups excluding carboxylic acids is 1. The average Bonchev–Trinajstić information content (AvgIpc) is 2.59. The van der Waals surface area contributed by atoms with Crippen LogP contribution >= 0.6 is 0 Å². The molecule has 0 aromatic heterocycles. The molecule has 0 aliphatic carbocycles. The van der Waals surface area contributed by atoms with E-state index >= 15 is 0 Å². The van der Waals surface area contributed by atoms with Crippen molar-refractivity contribution in [3.05, 3.63) is 53.6 Å². The van der Waals surface area contributed by atoms with Gasteiger partial charge in [0.25, 0.3) is 5.91 Å². The van der Waals surface area contributed by atoms with Gasteiger partial charge in [0.1, 0.15) is 5.75 Å². The third-order valence-corrected chi connectivity index (χ3v) is 4.27. The average molecular weight is 340 g/mol. The van der Waals surface area contributed by atoms with E-state index in [4.69, 9.17) is 4.74 Å². The van der Waals surface area contributed by atoms with Crippen molar-refractivity contribution in [1.82, 2.24) is 0 Å². The van der Waals surface area contributed by atoms with Gasteiger partial charge in [-0.1, -0.05) is 17.7 Å². The van der Waals surface area contributed by atoms with Gasteiger partial charge in [-0.25, -0.2) is 0 Å². The van der Waals surface area contributed by atoms with E-state index in [1.165, 1.54) is 5.56 Å². The molecule has 2 rings (SSSR count). The summed E-state index contributed by atoms with van der Waals surface area (Å²) in [6.45, 7) is 12.0. The van der Waals surface area contributed by atoms with Gasteiger partial charge < -0.3 is 15.0 Å². The van der Waals surface area contributed by atoms with Crippen molar-refractivity contribution in [3.8, 4) is 5.75 Å². The fraction of sp³-hybridized carbons (Fsp3) is 0.381. The summed E-state index contributed by atoms with van der Waals surface area (Å²) >= 11 is 0. The number of aryl methyl sites for hydroxylation is 2. The molecular formula is C21H28N2O2. The van der Waals surface area contributed by atoms with Crippen molar-refractivity contribution >= 4 is 17.3 Å². The van der Waals surface area contributed by atoms with Crippen molar-refractivity contribution < 1.29 is 9.53 Å². The van der Waals surface area contributed by atoms with Gasteiger partial charge in [0.05, 0.1) is 0 Å². The summed E-state index contributed by atoms with van der Waals surface area (Å²) in [6.07, 6.45) is -0.566. The first-order valence-corrected chi connectivity index (χ1v) is 8.84. The van der Waals surface area contributed by atoms with Crippen LogP contribution in [0.2, 0.25) is 0 Å². The largest absolute Gasteiger partial charge is 0.481 e. The molecule has 1 N–H and O–H groups in total. The van der Waals surface area contributed by atoms with Gasteiger partial charge in [0.2, 0.25) is 0 Å². The second-order valence-corrected chi connectivity index (χ2v) is 6.24. The molecule has 4 nitrogen and oxygen atoms in total. The van der Waals surface area contributed by atoms with Gasteiger partial charge in [-0.3, -0.25) is 4.79 Å². The van der Waals surface area contributed by atoms with Crippen LogP contribution in [0.5, 0.6) is 5.75 Å². The van der Waals surface area contributed by atoms with Crippen molar-refractivity contribution in [3.63, 3.8) is 0 Å². The summed E-state index contributed by atoms with van der Waals surface area (Å²) in [5.74, 6) is 0.584. The molecule has 1 unspecified atom stereocenters. The molecule has 0 bridgehead atoms. The number of benzene rings is 2. The second-order valence-electron chi connectivity index (χ2n) is 6.24. The number of nitrogens with one attached hydrogen (secondary N) is 1. The van der Waals surface area contributed by atoms with Crippen molar-refractivity contribution in [2.45, 2.75) is 40.7 Å². The zero-order valence-corrected chi connectivity index (χ0v) is 15.8. The van der Waals surface area contributed by atoms with Gasteiger partial charge >= 0.3 is 0 Å². The van der Waals surface area contributed by atoms with Gasteiger partial charge in [-0.05, 0) is 70.5 Å². The van der Waals surface area contributed by atoms with Crippen LogP contribution in [0.3, 0.4) is 0 Å². The Morgan fingerprint density at radius 1 is 1.08 bits per heavy atom. The summed E-state index contributed by atoms with van der Waals surface area (Å²) in [7, 11) is 0. The van der Waals surface area contributed by atoms with Crippen LogP contribution in [0.1, 0.15) is 31.9 Å². The Kier molecular flexibility index (Phi) is 6.45. The molecule has 134 valence electrons. The fourth-order valence-corrected chi connectivity index (χ4v) is 2.76. The summed E-state index contributed by atoms with van der Waals surface area (Å²) < 4.78 is 5.81. The molecule has 1 atom stereocenters. The number of nitrogens with zero attached hydrogens (tertiary/aromatic N) is 1. The van der Waals surface area contributed by atoms with E-state index in [0.717, 1.165) is 35.8 Å². The highest BCUT2D eigenvalue weighted by Crippen LogP contribution is 2.21. The zero-order valence-electron chi connectivity index (χ0n) is 15.8. The Morgan fingerprint density at radius 2 is 1.72 bits per heavy atom. The minimum atomic E-state index is -0.566.